The summed E-state index contributed by atoms with van der Waals surface area (Å²) < 4.78 is 0. The molecule has 1 heterocycles. The third kappa shape index (κ3) is 3.85. The molecule has 98 valence electrons. The Morgan fingerprint density at radius 1 is 1.50 bits per heavy atom. The van der Waals surface area contributed by atoms with Gasteiger partial charge in [-0.15, -0.1) is 0 Å². The molecule has 0 bridgehead atoms. The molecule has 0 saturated carbocycles. The van der Waals surface area contributed by atoms with Gasteiger partial charge in [-0.05, 0) is 13.0 Å². The Balaban J connectivity index is 1.84. The lowest BCUT2D eigenvalue weighted by molar-refractivity contribution is 0.0965. The van der Waals surface area contributed by atoms with Crippen molar-refractivity contribution in [3.05, 3.63) is 35.4 Å². The van der Waals surface area contributed by atoms with Crippen molar-refractivity contribution >= 4 is 17.5 Å². The van der Waals surface area contributed by atoms with Gasteiger partial charge in [0.05, 0.1) is 0 Å². The molecule has 0 N–H and O–H groups in total. The van der Waals surface area contributed by atoms with E-state index < -0.39 is 0 Å². The van der Waals surface area contributed by atoms with Crippen LogP contribution in [0.5, 0.6) is 0 Å². The molecule has 1 aliphatic heterocycles. The number of thioether (sulfide) groups is 1. The highest BCUT2D eigenvalue weighted by Crippen LogP contribution is 2.18. The van der Waals surface area contributed by atoms with Crippen LogP contribution in [0, 0.1) is 6.92 Å². The molecule has 2 rings (SSSR count). The first-order valence-electron chi connectivity index (χ1n) is 6.59. The standard InChI is InChI=1S/C15H21NOS/c1-12-4-3-5-14(10-12)15(17)6-7-16-8-9-18-13(2)11-16/h3-5,10,13H,6-9,11H2,1-2H3. The lowest BCUT2D eigenvalue weighted by Gasteiger charge is -2.30. The Hall–Kier alpha value is -0.800. The summed E-state index contributed by atoms with van der Waals surface area (Å²) in [6, 6.07) is 7.89. The van der Waals surface area contributed by atoms with E-state index in [1.807, 2.05) is 43.0 Å². The maximum absolute atomic E-state index is 12.1. The number of Topliss-reactive ketones (excluding diaryl/α,β-unsaturated/α-hetero) is 1. The minimum Gasteiger partial charge on any atom is -0.301 e. The van der Waals surface area contributed by atoms with Gasteiger partial charge in [-0.2, -0.15) is 11.8 Å². The fourth-order valence-corrected chi connectivity index (χ4v) is 3.40. The monoisotopic (exact) mass is 263 g/mol. The molecule has 1 saturated heterocycles. The van der Waals surface area contributed by atoms with Crippen LogP contribution in [0.3, 0.4) is 0 Å². The van der Waals surface area contributed by atoms with Gasteiger partial charge >= 0.3 is 0 Å². The molecule has 1 atom stereocenters. The summed E-state index contributed by atoms with van der Waals surface area (Å²) in [5.41, 5.74) is 2.01. The number of rotatable bonds is 4. The molecule has 1 fully saturated rings. The smallest absolute Gasteiger partial charge is 0.164 e. The number of hydrogen-bond donors (Lipinski definition) is 0. The molecular weight excluding hydrogens is 242 g/mol. The summed E-state index contributed by atoms with van der Waals surface area (Å²) >= 11 is 2.03. The minimum absolute atomic E-state index is 0.268. The predicted molar refractivity (Wildman–Crippen MR) is 78.5 cm³/mol. The van der Waals surface area contributed by atoms with Crippen LogP contribution < -0.4 is 0 Å². The van der Waals surface area contributed by atoms with Crippen molar-refractivity contribution in [2.45, 2.75) is 25.5 Å². The number of aryl methyl sites for hydroxylation is 1. The molecule has 0 spiro atoms. The Labute approximate surface area is 114 Å². The van der Waals surface area contributed by atoms with Crippen LogP contribution in [0.25, 0.3) is 0 Å². The van der Waals surface area contributed by atoms with Gasteiger partial charge in [0.1, 0.15) is 0 Å². The van der Waals surface area contributed by atoms with Crippen LogP contribution in [0.1, 0.15) is 29.3 Å². The van der Waals surface area contributed by atoms with E-state index in [9.17, 15) is 4.79 Å². The Morgan fingerprint density at radius 2 is 2.33 bits per heavy atom. The Kier molecular flexibility index (Phi) is 4.84. The van der Waals surface area contributed by atoms with E-state index in [1.165, 1.54) is 5.75 Å². The molecular formula is C15H21NOS. The lowest BCUT2D eigenvalue weighted by atomic mass is 10.1. The van der Waals surface area contributed by atoms with Crippen LogP contribution in [-0.4, -0.2) is 41.3 Å². The van der Waals surface area contributed by atoms with Crippen LogP contribution in [0.4, 0.5) is 0 Å². The number of carbonyl (C=O) groups excluding carboxylic acids is 1. The summed E-state index contributed by atoms with van der Waals surface area (Å²) in [4.78, 5) is 14.5. The summed E-state index contributed by atoms with van der Waals surface area (Å²) in [5.74, 6) is 1.46. The normalized spacial score (nSPS) is 20.9. The van der Waals surface area contributed by atoms with Gasteiger partial charge in [0.2, 0.25) is 0 Å². The third-order valence-corrected chi connectivity index (χ3v) is 4.46. The first-order chi connectivity index (χ1) is 8.65. The molecule has 1 unspecified atom stereocenters. The average molecular weight is 263 g/mol. The van der Waals surface area contributed by atoms with Crippen molar-refractivity contribution in [1.29, 1.82) is 0 Å². The summed E-state index contributed by atoms with van der Waals surface area (Å²) in [6.45, 7) is 7.43. The van der Waals surface area contributed by atoms with Gasteiger partial charge in [0, 0.05) is 42.6 Å². The fourth-order valence-electron chi connectivity index (χ4n) is 2.32. The molecule has 0 amide bonds. The van der Waals surface area contributed by atoms with Gasteiger partial charge in [0.25, 0.3) is 0 Å². The molecule has 2 nitrogen and oxygen atoms in total. The highest BCUT2D eigenvalue weighted by atomic mass is 32.2. The highest BCUT2D eigenvalue weighted by molar-refractivity contribution is 7.99. The number of ketones is 1. The first-order valence-corrected chi connectivity index (χ1v) is 7.64. The third-order valence-electron chi connectivity index (χ3n) is 3.32. The summed E-state index contributed by atoms with van der Waals surface area (Å²) in [7, 11) is 0. The fraction of sp³-hybridized carbons (Fsp3) is 0.533. The van der Waals surface area contributed by atoms with Crippen LogP contribution in [0.15, 0.2) is 24.3 Å². The maximum Gasteiger partial charge on any atom is 0.164 e. The van der Waals surface area contributed by atoms with Gasteiger partial charge in [-0.25, -0.2) is 0 Å². The van der Waals surface area contributed by atoms with Crippen molar-refractivity contribution in [2.24, 2.45) is 0 Å². The number of nitrogens with zero attached hydrogens (tertiary/aromatic N) is 1. The Morgan fingerprint density at radius 3 is 3.06 bits per heavy atom. The maximum atomic E-state index is 12.1. The van der Waals surface area contributed by atoms with E-state index in [1.54, 1.807) is 0 Å². The first kappa shape index (κ1) is 13.6. The van der Waals surface area contributed by atoms with E-state index in [-0.39, 0.29) is 5.78 Å². The van der Waals surface area contributed by atoms with E-state index in [4.69, 9.17) is 0 Å². The highest BCUT2D eigenvalue weighted by Gasteiger charge is 2.17. The van der Waals surface area contributed by atoms with Crippen LogP contribution in [0.2, 0.25) is 0 Å². The zero-order chi connectivity index (χ0) is 13.0. The summed E-state index contributed by atoms with van der Waals surface area (Å²) in [5, 5.41) is 0.702. The van der Waals surface area contributed by atoms with Gasteiger partial charge < -0.3 is 4.90 Å². The summed E-state index contributed by atoms with van der Waals surface area (Å²) in [6.07, 6.45) is 0.640. The van der Waals surface area contributed by atoms with E-state index >= 15 is 0 Å². The zero-order valence-electron chi connectivity index (χ0n) is 11.2. The second-order valence-electron chi connectivity index (χ2n) is 5.02. The second kappa shape index (κ2) is 6.39. The molecule has 1 aromatic rings. The van der Waals surface area contributed by atoms with Crippen molar-refractivity contribution in [1.82, 2.24) is 4.90 Å². The molecule has 3 heteroatoms. The van der Waals surface area contributed by atoms with E-state index in [2.05, 4.69) is 11.8 Å². The van der Waals surface area contributed by atoms with Crippen molar-refractivity contribution < 1.29 is 4.79 Å². The largest absolute Gasteiger partial charge is 0.301 e. The minimum atomic E-state index is 0.268. The second-order valence-corrected chi connectivity index (χ2v) is 6.57. The van der Waals surface area contributed by atoms with Crippen molar-refractivity contribution in [3.8, 4) is 0 Å². The topological polar surface area (TPSA) is 20.3 Å². The quantitative estimate of drug-likeness (QED) is 0.779. The van der Waals surface area contributed by atoms with Crippen LogP contribution >= 0.6 is 11.8 Å². The van der Waals surface area contributed by atoms with Crippen molar-refractivity contribution in [2.75, 3.05) is 25.4 Å². The average Bonchev–Trinajstić information content (AvgIpc) is 2.36. The lowest BCUT2D eigenvalue weighted by Crippen LogP contribution is -2.37. The van der Waals surface area contributed by atoms with E-state index in [0.717, 1.165) is 30.8 Å². The number of carbonyl (C=O) groups is 1. The molecule has 1 aromatic carbocycles. The molecule has 0 aliphatic carbocycles. The van der Waals surface area contributed by atoms with Crippen molar-refractivity contribution in [3.63, 3.8) is 0 Å². The molecule has 0 aromatic heterocycles. The number of benzene rings is 1. The molecule has 1 aliphatic rings. The van der Waals surface area contributed by atoms with Gasteiger partial charge in [0.15, 0.2) is 5.78 Å². The Bertz CT molecular complexity index is 419. The predicted octanol–water partition coefficient (Wildman–Crippen LogP) is 3.01. The molecule has 18 heavy (non-hydrogen) atoms. The van der Waals surface area contributed by atoms with E-state index in [0.29, 0.717) is 11.7 Å². The zero-order valence-corrected chi connectivity index (χ0v) is 12.0. The molecule has 0 radical (unpaired) electrons. The van der Waals surface area contributed by atoms with Gasteiger partial charge in [-0.3, -0.25) is 4.79 Å². The SMILES string of the molecule is Cc1cccc(C(=O)CCN2CCSC(C)C2)c1. The van der Waals surface area contributed by atoms with Crippen LogP contribution in [-0.2, 0) is 0 Å². The number of hydrogen-bond acceptors (Lipinski definition) is 3. The van der Waals surface area contributed by atoms with Gasteiger partial charge in [-0.1, -0.05) is 30.7 Å².